The summed E-state index contributed by atoms with van der Waals surface area (Å²) in [6.45, 7) is 3.60. The number of anilines is 2. The van der Waals surface area contributed by atoms with Crippen molar-refractivity contribution in [3.05, 3.63) is 60.2 Å². The summed E-state index contributed by atoms with van der Waals surface area (Å²) >= 11 is 0. The molecule has 0 aliphatic carbocycles. The summed E-state index contributed by atoms with van der Waals surface area (Å²) in [4.78, 5) is 26.5. The lowest BCUT2D eigenvalue weighted by Gasteiger charge is -2.21. The first-order valence-corrected chi connectivity index (χ1v) is 9.63. The van der Waals surface area contributed by atoms with Crippen molar-refractivity contribution in [1.82, 2.24) is 5.32 Å². The number of rotatable bonds is 7. The standard InChI is InChI=1S/C22H27N3O2/c1-2-25(20-8-4-3-5-9-20)22(27)15-17-10-12-18(13-11-17)24-21(26)16-19-7-6-14-23-19/h3-5,8-13,19,23H,2,6-7,14-16H2,1H3,(H,24,26). The van der Waals surface area contributed by atoms with Gasteiger partial charge in [-0.05, 0) is 56.1 Å². The van der Waals surface area contributed by atoms with Crippen molar-refractivity contribution in [2.45, 2.75) is 38.6 Å². The molecule has 1 heterocycles. The highest BCUT2D eigenvalue weighted by atomic mass is 16.2. The quantitative estimate of drug-likeness (QED) is 0.791. The number of carbonyl (C=O) groups is 2. The summed E-state index contributed by atoms with van der Waals surface area (Å²) in [7, 11) is 0. The van der Waals surface area contributed by atoms with Crippen LogP contribution in [0.3, 0.4) is 0 Å². The number of likely N-dealkylation sites (N-methyl/N-ethyl adjacent to an activating group) is 1. The number of nitrogens with one attached hydrogen (secondary N) is 2. The fourth-order valence-electron chi connectivity index (χ4n) is 3.45. The second-order valence-corrected chi connectivity index (χ2v) is 6.89. The van der Waals surface area contributed by atoms with Gasteiger partial charge in [-0.1, -0.05) is 30.3 Å². The summed E-state index contributed by atoms with van der Waals surface area (Å²) in [5.41, 5.74) is 2.61. The Morgan fingerprint density at radius 2 is 1.85 bits per heavy atom. The predicted octanol–water partition coefficient (Wildman–Crippen LogP) is 3.36. The van der Waals surface area contributed by atoms with Gasteiger partial charge in [-0.2, -0.15) is 0 Å². The molecule has 0 bridgehead atoms. The molecule has 3 rings (SSSR count). The van der Waals surface area contributed by atoms with E-state index in [0.717, 1.165) is 36.3 Å². The van der Waals surface area contributed by atoms with Gasteiger partial charge in [0.05, 0.1) is 6.42 Å². The number of hydrogen-bond donors (Lipinski definition) is 2. The molecule has 27 heavy (non-hydrogen) atoms. The molecule has 1 aliphatic heterocycles. The number of amides is 2. The van der Waals surface area contributed by atoms with E-state index in [0.29, 0.717) is 25.4 Å². The molecular weight excluding hydrogens is 338 g/mol. The summed E-state index contributed by atoms with van der Waals surface area (Å²) in [6.07, 6.45) is 3.04. The van der Waals surface area contributed by atoms with Crippen LogP contribution < -0.4 is 15.5 Å². The van der Waals surface area contributed by atoms with Gasteiger partial charge in [0.15, 0.2) is 0 Å². The van der Waals surface area contributed by atoms with Gasteiger partial charge in [-0.3, -0.25) is 9.59 Å². The summed E-state index contributed by atoms with van der Waals surface area (Å²) in [6, 6.07) is 17.5. The maximum Gasteiger partial charge on any atom is 0.231 e. The van der Waals surface area contributed by atoms with E-state index in [4.69, 9.17) is 0 Å². The lowest BCUT2D eigenvalue weighted by molar-refractivity contribution is -0.118. The van der Waals surface area contributed by atoms with Gasteiger partial charge in [0.25, 0.3) is 0 Å². The molecule has 1 fully saturated rings. The summed E-state index contributed by atoms with van der Waals surface area (Å²) in [5, 5.41) is 6.27. The Labute approximate surface area is 160 Å². The van der Waals surface area contributed by atoms with Gasteiger partial charge in [0.1, 0.15) is 0 Å². The zero-order chi connectivity index (χ0) is 19.1. The van der Waals surface area contributed by atoms with Crippen LogP contribution in [0.1, 0.15) is 31.7 Å². The molecule has 0 saturated carbocycles. The smallest absolute Gasteiger partial charge is 0.231 e. The van der Waals surface area contributed by atoms with Crippen molar-refractivity contribution in [2.75, 3.05) is 23.3 Å². The van der Waals surface area contributed by atoms with E-state index >= 15 is 0 Å². The second-order valence-electron chi connectivity index (χ2n) is 6.89. The van der Waals surface area contributed by atoms with Crippen LogP contribution in [0.4, 0.5) is 11.4 Å². The van der Waals surface area contributed by atoms with Crippen LogP contribution in [-0.4, -0.2) is 30.9 Å². The first-order valence-electron chi connectivity index (χ1n) is 9.63. The van der Waals surface area contributed by atoms with Crippen LogP contribution >= 0.6 is 0 Å². The molecule has 142 valence electrons. The average Bonchev–Trinajstić information content (AvgIpc) is 3.18. The Bertz CT molecular complexity index is 753. The Balaban J connectivity index is 1.55. The van der Waals surface area contributed by atoms with E-state index < -0.39 is 0 Å². The highest BCUT2D eigenvalue weighted by molar-refractivity contribution is 5.95. The molecule has 1 saturated heterocycles. The van der Waals surface area contributed by atoms with Crippen LogP contribution in [0.2, 0.25) is 0 Å². The van der Waals surface area contributed by atoms with Gasteiger partial charge in [0, 0.05) is 30.4 Å². The van der Waals surface area contributed by atoms with Crippen molar-refractivity contribution in [1.29, 1.82) is 0 Å². The summed E-state index contributed by atoms with van der Waals surface area (Å²) in [5.74, 6) is 0.0901. The van der Waals surface area contributed by atoms with Crippen LogP contribution in [0, 0.1) is 0 Å². The molecule has 1 unspecified atom stereocenters. The minimum atomic E-state index is 0.0273. The average molecular weight is 365 g/mol. The van der Waals surface area contributed by atoms with Crippen molar-refractivity contribution < 1.29 is 9.59 Å². The Morgan fingerprint density at radius 1 is 1.11 bits per heavy atom. The third kappa shape index (κ3) is 5.41. The fourth-order valence-corrected chi connectivity index (χ4v) is 3.45. The van der Waals surface area contributed by atoms with E-state index in [1.165, 1.54) is 0 Å². The zero-order valence-corrected chi connectivity index (χ0v) is 15.8. The van der Waals surface area contributed by atoms with E-state index in [-0.39, 0.29) is 11.8 Å². The van der Waals surface area contributed by atoms with Crippen LogP contribution in [0.15, 0.2) is 54.6 Å². The number of hydrogen-bond acceptors (Lipinski definition) is 3. The molecule has 1 atom stereocenters. The number of benzene rings is 2. The van der Waals surface area contributed by atoms with Gasteiger partial charge in [0.2, 0.25) is 11.8 Å². The molecule has 1 aliphatic rings. The van der Waals surface area contributed by atoms with Gasteiger partial charge < -0.3 is 15.5 Å². The van der Waals surface area contributed by atoms with E-state index in [1.807, 2.05) is 61.5 Å². The normalized spacial score (nSPS) is 16.1. The zero-order valence-electron chi connectivity index (χ0n) is 15.8. The third-order valence-electron chi connectivity index (χ3n) is 4.87. The highest BCUT2D eigenvalue weighted by Crippen LogP contribution is 2.17. The Kier molecular flexibility index (Phi) is 6.60. The van der Waals surface area contributed by atoms with Gasteiger partial charge in [-0.15, -0.1) is 0 Å². The first-order chi connectivity index (χ1) is 13.2. The maximum absolute atomic E-state index is 12.6. The number of nitrogens with zero attached hydrogens (tertiary/aromatic N) is 1. The second kappa shape index (κ2) is 9.33. The molecule has 2 N–H and O–H groups in total. The van der Waals surface area contributed by atoms with E-state index in [1.54, 1.807) is 4.90 Å². The van der Waals surface area contributed by atoms with E-state index in [9.17, 15) is 9.59 Å². The highest BCUT2D eigenvalue weighted by Gasteiger charge is 2.18. The predicted molar refractivity (Wildman–Crippen MR) is 109 cm³/mol. The fraction of sp³-hybridized carbons (Fsp3) is 0.364. The molecule has 2 aromatic carbocycles. The SMILES string of the molecule is CCN(C(=O)Cc1ccc(NC(=O)CC2CCCN2)cc1)c1ccccc1. The molecule has 5 nitrogen and oxygen atoms in total. The topological polar surface area (TPSA) is 61.4 Å². The first kappa shape index (κ1) is 19.1. The van der Waals surface area contributed by atoms with Crippen molar-refractivity contribution in [3.8, 4) is 0 Å². The molecular formula is C22H27N3O2. The minimum absolute atomic E-state index is 0.0273. The maximum atomic E-state index is 12.6. The number of carbonyl (C=O) groups excluding carboxylic acids is 2. The lowest BCUT2D eigenvalue weighted by Crippen LogP contribution is -2.31. The molecule has 0 aromatic heterocycles. The van der Waals surface area contributed by atoms with Crippen LogP contribution in [0.5, 0.6) is 0 Å². The van der Waals surface area contributed by atoms with Gasteiger partial charge >= 0.3 is 0 Å². The van der Waals surface area contributed by atoms with Crippen molar-refractivity contribution in [3.63, 3.8) is 0 Å². The molecule has 0 radical (unpaired) electrons. The molecule has 0 spiro atoms. The Hall–Kier alpha value is -2.66. The van der Waals surface area contributed by atoms with Crippen LogP contribution in [-0.2, 0) is 16.0 Å². The van der Waals surface area contributed by atoms with Crippen molar-refractivity contribution in [2.24, 2.45) is 0 Å². The summed E-state index contributed by atoms with van der Waals surface area (Å²) < 4.78 is 0. The van der Waals surface area contributed by atoms with Gasteiger partial charge in [-0.25, -0.2) is 0 Å². The lowest BCUT2D eigenvalue weighted by atomic mass is 10.1. The monoisotopic (exact) mass is 365 g/mol. The van der Waals surface area contributed by atoms with E-state index in [2.05, 4.69) is 10.6 Å². The van der Waals surface area contributed by atoms with Crippen molar-refractivity contribution >= 4 is 23.2 Å². The molecule has 2 aromatic rings. The Morgan fingerprint density at radius 3 is 2.48 bits per heavy atom. The molecule has 2 amide bonds. The largest absolute Gasteiger partial charge is 0.326 e. The third-order valence-corrected chi connectivity index (χ3v) is 4.87. The number of para-hydroxylation sites is 1. The molecule has 5 heteroatoms. The van der Waals surface area contributed by atoms with Crippen LogP contribution in [0.25, 0.3) is 0 Å². The minimum Gasteiger partial charge on any atom is -0.326 e.